The van der Waals surface area contributed by atoms with Crippen LogP contribution in [0.1, 0.15) is 42.0 Å². The van der Waals surface area contributed by atoms with Crippen molar-refractivity contribution in [2.24, 2.45) is 0 Å². The highest BCUT2D eigenvalue weighted by atomic mass is 32.3. The van der Waals surface area contributed by atoms with Crippen molar-refractivity contribution in [2.75, 3.05) is 0 Å². The fourth-order valence-corrected chi connectivity index (χ4v) is 10.5. The normalized spacial score (nSPS) is 12.8. The number of nitrogens with zero attached hydrogens (tertiary/aromatic N) is 1. The van der Waals surface area contributed by atoms with Crippen LogP contribution in [0.5, 0.6) is 5.75 Å². The van der Waals surface area contributed by atoms with Crippen LogP contribution in [-0.2, 0) is 0 Å². The lowest BCUT2D eigenvalue weighted by molar-refractivity contribution is 0.394. The van der Waals surface area contributed by atoms with Crippen LogP contribution in [0, 0.1) is 32.1 Å². The van der Waals surface area contributed by atoms with Gasteiger partial charge in [-0.25, -0.2) is 0 Å². The van der Waals surface area contributed by atoms with Crippen molar-refractivity contribution in [1.82, 2.24) is 0 Å². The highest BCUT2D eigenvalue weighted by molar-refractivity contribution is 8.34. The van der Waals surface area contributed by atoms with Crippen LogP contribution in [0.25, 0.3) is 11.1 Å². The van der Waals surface area contributed by atoms with Crippen molar-refractivity contribution in [3.8, 4) is 22.9 Å². The van der Waals surface area contributed by atoms with E-state index in [9.17, 15) is 5.26 Å². The molecule has 0 aromatic heterocycles. The topological polar surface area (TPSA) is 33.0 Å². The van der Waals surface area contributed by atoms with Gasteiger partial charge in [-0.3, -0.25) is 0 Å². The maximum Gasteiger partial charge on any atom is 0.129 e. The molecule has 0 unspecified atom stereocenters. The molecule has 3 heteroatoms. The highest BCUT2D eigenvalue weighted by Gasteiger charge is 2.33. The lowest BCUT2D eigenvalue weighted by Gasteiger charge is -2.42. The average Bonchev–Trinajstić information content (AvgIpc) is 3.15. The summed E-state index contributed by atoms with van der Waals surface area (Å²) in [6.07, 6.45) is 6.42. The van der Waals surface area contributed by atoms with Gasteiger partial charge in [-0.15, -0.1) is 10.0 Å². The molecule has 0 N–H and O–H groups in total. The largest absolute Gasteiger partial charge is 0.461 e. The molecule has 6 aromatic carbocycles. The Hall–Kier alpha value is -5.56. The molecule has 0 aliphatic heterocycles. The Morgan fingerprint density at radius 3 is 1.70 bits per heavy atom. The SMILES string of the molecule is CC1=C(Oc2ccccc2C)CCC=C1.Cc1cc(-c2ccc(C#N)cc2C)cc(S(c2ccccc2)(c2ccccc2)c2ccccc2)c1. The van der Waals surface area contributed by atoms with Crippen LogP contribution < -0.4 is 4.74 Å². The maximum atomic E-state index is 9.35. The first-order valence-corrected chi connectivity index (χ1v) is 18.7. The summed E-state index contributed by atoms with van der Waals surface area (Å²) in [7, 11) is -1.74. The van der Waals surface area contributed by atoms with Gasteiger partial charge in [0.2, 0.25) is 0 Å². The molecule has 0 fully saturated rings. The molecular weight excluding hydrogens is 627 g/mol. The first kappa shape index (κ1) is 34.3. The van der Waals surface area contributed by atoms with Gasteiger partial charge in [0.05, 0.1) is 11.6 Å². The number of benzene rings is 6. The number of para-hydroxylation sites is 1. The Labute approximate surface area is 299 Å². The lowest BCUT2D eigenvalue weighted by atomic mass is 9.97. The van der Waals surface area contributed by atoms with E-state index in [2.05, 4.69) is 167 Å². The van der Waals surface area contributed by atoms with E-state index in [-0.39, 0.29) is 0 Å². The van der Waals surface area contributed by atoms with E-state index in [0.717, 1.165) is 35.5 Å². The maximum absolute atomic E-state index is 9.35. The van der Waals surface area contributed by atoms with Crippen LogP contribution in [0.15, 0.2) is 195 Å². The summed E-state index contributed by atoms with van der Waals surface area (Å²) in [5.74, 6) is 2.08. The Kier molecular flexibility index (Phi) is 10.8. The predicted molar refractivity (Wildman–Crippen MR) is 209 cm³/mol. The molecule has 6 aromatic rings. The molecule has 0 saturated heterocycles. The zero-order valence-corrected chi connectivity index (χ0v) is 30.1. The van der Waals surface area contributed by atoms with E-state index in [1.807, 2.05) is 30.3 Å². The second-order valence-corrected chi connectivity index (χ2v) is 15.8. The second kappa shape index (κ2) is 15.8. The summed E-state index contributed by atoms with van der Waals surface area (Å²) in [5.41, 5.74) is 7.80. The monoisotopic (exact) mass is 669 g/mol. The number of allylic oxidation sites excluding steroid dienone is 4. The minimum Gasteiger partial charge on any atom is -0.461 e. The van der Waals surface area contributed by atoms with Gasteiger partial charge in [0.15, 0.2) is 0 Å². The summed E-state index contributed by atoms with van der Waals surface area (Å²) in [6, 6.07) is 56.1. The zero-order chi connectivity index (χ0) is 34.9. The van der Waals surface area contributed by atoms with Crippen LogP contribution >= 0.6 is 10.0 Å². The quantitative estimate of drug-likeness (QED) is 0.169. The van der Waals surface area contributed by atoms with Crippen molar-refractivity contribution in [1.29, 1.82) is 5.26 Å². The number of hydrogen-bond acceptors (Lipinski definition) is 2. The summed E-state index contributed by atoms with van der Waals surface area (Å²) < 4.78 is 5.93. The van der Waals surface area contributed by atoms with Gasteiger partial charge in [0.1, 0.15) is 11.5 Å². The number of ether oxygens (including phenoxy) is 1. The van der Waals surface area contributed by atoms with Gasteiger partial charge >= 0.3 is 0 Å². The van der Waals surface area contributed by atoms with Crippen molar-refractivity contribution in [2.45, 2.75) is 60.1 Å². The lowest BCUT2D eigenvalue weighted by Crippen LogP contribution is -2.05. The minimum absolute atomic E-state index is 0.692. The van der Waals surface area contributed by atoms with Gasteiger partial charge in [0.25, 0.3) is 0 Å². The molecule has 0 heterocycles. The van der Waals surface area contributed by atoms with Gasteiger partial charge in [-0.1, -0.05) is 97.1 Å². The van der Waals surface area contributed by atoms with E-state index in [4.69, 9.17) is 4.74 Å². The first-order chi connectivity index (χ1) is 24.4. The van der Waals surface area contributed by atoms with Gasteiger partial charge < -0.3 is 4.74 Å². The van der Waals surface area contributed by atoms with Crippen LogP contribution in [0.2, 0.25) is 0 Å². The van der Waals surface area contributed by atoms with Crippen LogP contribution in [0.4, 0.5) is 0 Å². The molecule has 2 nitrogen and oxygen atoms in total. The molecule has 50 heavy (non-hydrogen) atoms. The standard InChI is InChI=1S/C33H27NS.C14H16O/c1-25-20-28(33-19-18-27(24-34)22-26(33)2)23-32(21-25)35(29-12-6-3-7-13-29,30-14-8-4-9-15-30)31-16-10-5-11-17-31;1-11-7-3-5-9-13(11)15-14-10-6-4-8-12(14)2/h3-23H,1-2H3;3-5,7-9H,6,10H2,1-2H3. The van der Waals surface area contributed by atoms with Gasteiger partial charge in [0, 0.05) is 26.0 Å². The number of hydrogen-bond donors (Lipinski definition) is 0. The van der Waals surface area contributed by atoms with Crippen molar-refractivity contribution < 1.29 is 4.74 Å². The molecular formula is C47H43NOS. The van der Waals surface area contributed by atoms with Gasteiger partial charge in [-0.05, 0) is 134 Å². The molecule has 1 aliphatic rings. The molecule has 0 amide bonds. The zero-order valence-electron chi connectivity index (χ0n) is 29.3. The summed E-state index contributed by atoms with van der Waals surface area (Å²) in [5, 5.41) is 9.35. The number of rotatable bonds is 7. The Balaban J connectivity index is 0.000000240. The smallest absolute Gasteiger partial charge is 0.129 e. The van der Waals surface area contributed by atoms with Crippen molar-refractivity contribution >= 4 is 10.0 Å². The summed E-state index contributed by atoms with van der Waals surface area (Å²) in [4.78, 5) is 5.24. The highest BCUT2D eigenvalue weighted by Crippen LogP contribution is 2.73. The third-order valence-corrected chi connectivity index (χ3v) is 12.9. The molecule has 248 valence electrons. The molecule has 1 aliphatic carbocycles. The first-order valence-electron chi connectivity index (χ1n) is 17.1. The molecule has 0 bridgehead atoms. The Morgan fingerprint density at radius 1 is 0.580 bits per heavy atom. The minimum atomic E-state index is -1.74. The van der Waals surface area contributed by atoms with E-state index >= 15 is 0 Å². The Bertz CT molecular complexity index is 2080. The third-order valence-electron chi connectivity index (χ3n) is 9.03. The molecule has 0 radical (unpaired) electrons. The van der Waals surface area contributed by atoms with E-state index in [1.165, 1.54) is 41.8 Å². The van der Waals surface area contributed by atoms with E-state index in [1.54, 1.807) is 0 Å². The fraction of sp³-hybridized carbons (Fsp3) is 0.128. The molecule has 7 rings (SSSR count). The van der Waals surface area contributed by atoms with Crippen LogP contribution in [0.3, 0.4) is 0 Å². The summed E-state index contributed by atoms with van der Waals surface area (Å²) >= 11 is 0. The van der Waals surface area contributed by atoms with Gasteiger partial charge in [-0.2, -0.15) is 5.26 Å². The Morgan fingerprint density at radius 2 is 1.16 bits per heavy atom. The second-order valence-electron chi connectivity index (χ2n) is 12.6. The van der Waals surface area contributed by atoms with Crippen molar-refractivity contribution in [3.63, 3.8) is 0 Å². The third kappa shape index (κ3) is 7.37. The molecule has 0 atom stereocenters. The fourth-order valence-electron chi connectivity index (χ4n) is 6.53. The predicted octanol–water partition coefficient (Wildman–Crippen LogP) is 13.2. The van der Waals surface area contributed by atoms with E-state index in [0.29, 0.717) is 5.56 Å². The average molecular weight is 670 g/mol. The summed E-state index contributed by atoms with van der Waals surface area (Å²) in [6.45, 7) is 8.44. The molecule has 0 spiro atoms. The van der Waals surface area contributed by atoms with E-state index < -0.39 is 10.0 Å². The van der Waals surface area contributed by atoms with Crippen molar-refractivity contribution in [3.05, 3.63) is 197 Å². The number of nitriles is 1. The molecule has 0 saturated carbocycles. The van der Waals surface area contributed by atoms with Crippen LogP contribution in [-0.4, -0.2) is 0 Å². The number of aryl methyl sites for hydroxylation is 3.